The van der Waals surface area contributed by atoms with E-state index in [1.807, 2.05) is 42.5 Å². The van der Waals surface area contributed by atoms with E-state index in [1.165, 1.54) is 6.20 Å². The number of fused-ring (bicyclic) bond motifs is 1. The first-order valence-corrected chi connectivity index (χ1v) is 9.24. The van der Waals surface area contributed by atoms with Crippen LogP contribution < -0.4 is 10.6 Å². The summed E-state index contributed by atoms with van der Waals surface area (Å²) in [5, 5.41) is 11.4. The lowest BCUT2D eigenvalue weighted by Gasteiger charge is -2.08. The maximum absolute atomic E-state index is 12.6. The molecule has 8 heteroatoms. The third-order valence-corrected chi connectivity index (χ3v) is 4.48. The van der Waals surface area contributed by atoms with Crippen LogP contribution in [0.3, 0.4) is 0 Å². The number of halogens is 2. The van der Waals surface area contributed by atoms with E-state index in [0.29, 0.717) is 39.3 Å². The van der Waals surface area contributed by atoms with Gasteiger partial charge in [0.2, 0.25) is 0 Å². The molecular formula is C20H15Cl2N5O. The lowest BCUT2D eigenvalue weighted by atomic mass is 10.2. The number of nitrogens with one attached hydrogen (secondary N) is 2. The monoisotopic (exact) mass is 411 g/mol. The molecule has 1 amide bonds. The van der Waals surface area contributed by atoms with E-state index >= 15 is 0 Å². The van der Waals surface area contributed by atoms with Gasteiger partial charge in [-0.2, -0.15) is 5.10 Å². The van der Waals surface area contributed by atoms with Crippen molar-refractivity contribution in [3.05, 3.63) is 88.2 Å². The van der Waals surface area contributed by atoms with Gasteiger partial charge in [-0.25, -0.2) is 9.50 Å². The van der Waals surface area contributed by atoms with Gasteiger partial charge in [0.15, 0.2) is 5.65 Å². The van der Waals surface area contributed by atoms with Crippen molar-refractivity contribution >= 4 is 46.3 Å². The first-order valence-electron chi connectivity index (χ1n) is 8.48. The smallest absolute Gasteiger partial charge is 0.261 e. The summed E-state index contributed by atoms with van der Waals surface area (Å²) in [5.74, 6) is 0.338. The summed E-state index contributed by atoms with van der Waals surface area (Å²) in [7, 11) is 0. The van der Waals surface area contributed by atoms with Crippen molar-refractivity contribution < 1.29 is 4.79 Å². The zero-order valence-corrected chi connectivity index (χ0v) is 16.1. The number of hydrogen-bond donors (Lipinski definition) is 2. The largest absolute Gasteiger partial charge is 0.366 e. The van der Waals surface area contributed by atoms with Crippen molar-refractivity contribution in [3.8, 4) is 0 Å². The van der Waals surface area contributed by atoms with Crippen LogP contribution in [0.15, 0.2) is 67.0 Å². The van der Waals surface area contributed by atoms with E-state index in [1.54, 1.807) is 22.8 Å². The Kier molecular flexibility index (Phi) is 5.14. The number of carbonyl (C=O) groups is 1. The molecule has 28 heavy (non-hydrogen) atoms. The van der Waals surface area contributed by atoms with E-state index in [-0.39, 0.29) is 5.91 Å². The van der Waals surface area contributed by atoms with Crippen LogP contribution in [0.25, 0.3) is 5.65 Å². The summed E-state index contributed by atoms with van der Waals surface area (Å²) in [5.41, 5.74) is 2.48. The molecule has 0 aliphatic rings. The SMILES string of the molecule is O=C(Nc1ccccc1)c1cnn2ccc(NCc3cc(Cl)cc(Cl)c3)nc12. The molecule has 0 spiro atoms. The van der Waals surface area contributed by atoms with Gasteiger partial charge in [0.1, 0.15) is 11.4 Å². The summed E-state index contributed by atoms with van der Waals surface area (Å²) in [4.78, 5) is 17.1. The second-order valence-electron chi connectivity index (χ2n) is 6.09. The number of aromatic nitrogens is 3. The van der Waals surface area contributed by atoms with Crippen molar-refractivity contribution in [2.45, 2.75) is 6.54 Å². The van der Waals surface area contributed by atoms with Crippen LogP contribution in [0, 0.1) is 0 Å². The average Bonchev–Trinajstić information content (AvgIpc) is 3.10. The Labute approximate surface area is 171 Å². The Bertz CT molecular complexity index is 1120. The Morgan fingerprint density at radius 1 is 1.04 bits per heavy atom. The van der Waals surface area contributed by atoms with Crippen LogP contribution in [-0.2, 0) is 6.54 Å². The van der Waals surface area contributed by atoms with Crippen LogP contribution in [0.2, 0.25) is 10.0 Å². The molecule has 6 nitrogen and oxygen atoms in total. The van der Waals surface area contributed by atoms with Gasteiger partial charge in [0.25, 0.3) is 5.91 Å². The minimum atomic E-state index is -0.271. The molecule has 0 atom stereocenters. The highest BCUT2D eigenvalue weighted by atomic mass is 35.5. The first kappa shape index (κ1) is 18.3. The van der Waals surface area contributed by atoms with Gasteiger partial charge in [-0.05, 0) is 42.0 Å². The molecule has 0 saturated heterocycles. The van der Waals surface area contributed by atoms with E-state index < -0.39 is 0 Å². The molecular weight excluding hydrogens is 397 g/mol. The highest BCUT2D eigenvalue weighted by molar-refractivity contribution is 6.34. The minimum Gasteiger partial charge on any atom is -0.366 e. The fourth-order valence-corrected chi connectivity index (χ4v) is 3.32. The minimum absolute atomic E-state index is 0.271. The number of nitrogens with zero attached hydrogens (tertiary/aromatic N) is 3. The molecule has 4 aromatic rings. The van der Waals surface area contributed by atoms with E-state index in [4.69, 9.17) is 23.2 Å². The lowest BCUT2D eigenvalue weighted by Crippen LogP contribution is -2.12. The highest BCUT2D eigenvalue weighted by Gasteiger charge is 2.14. The number of amides is 1. The molecule has 4 rings (SSSR count). The third kappa shape index (κ3) is 4.08. The summed E-state index contributed by atoms with van der Waals surface area (Å²) < 4.78 is 1.56. The van der Waals surface area contributed by atoms with Crippen LogP contribution >= 0.6 is 23.2 Å². The molecule has 140 valence electrons. The first-order chi connectivity index (χ1) is 13.6. The van der Waals surface area contributed by atoms with Gasteiger partial charge >= 0.3 is 0 Å². The van der Waals surface area contributed by atoms with Crippen molar-refractivity contribution in [2.75, 3.05) is 10.6 Å². The van der Waals surface area contributed by atoms with Crippen molar-refractivity contribution in [3.63, 3.8) is 0 Å². The molecule has 2 N–H and O–H groups in total. The van der Waals surface area contributed by atoms with Crippen molar-refractivity contribution in [1.29, 1.82) is 0 Å². The Balaban J connectivity index is 1.55. The van der Waals surface area contributed by atoms with Gasteiger partial charge in [-0.3, -0.25) is 4.79 Å². The van der Waals surface area contributed by atoms with Crippen LogP contribution in [0.1, 0.15) is 15.9 Å². The number of hydrogen-bond acceptors (Lipinski definition) is 4. The molecule has 2 aromatic carbocycles. The van der Waals surface area contributed by atoms with Gasteiger partial charge in [-0.1, -0.05) is 41.4 Å². The van der Waals surface area contributed by atoms with E-state index in [2.05, 4.69) is 20.7 Å². The molecule has 0 bridgehead atoms. The Morgan fingerprint density at radius 3 is 2.54 bits per heavy atom. The van der Waals surface area contributed by atoms with Crippen molar-refractivity contribution in [1.82, 2.24) is 14.6 Å². The number of rotatable bonds is 5. The predicted molar refractivity (Wildman–Crippen MR) is 111 cm³/mol. The molecule has 0 fully saturated rings. The zero-order valence-electron chi connectivity index (χ0n) is 14.6. The maximum Gasteiger partial charge on any atom is 0.261 e. The lowest BCUT2D eigenvalue weighted by molar-refractivity contribution is 0.102. The summed E-state index contributed by atoms with van der Waals surface area (Å²) in [6.45, 7) is 0.489. The van der Waals surface area contributed by atoms with Crippen molar-refractivity contribution in [2.24, 2.45) is 0 Å². The van der Waals surface area contributed by atoms with Crippen LogP contribution in [0.5, 0.6) is 0 Å². The third-order valence-electron chi connectivity index (χ3n) is 4.04. The number of para-hydroxylation sites is 1. The zero-order chi connectivity index (χ0) is 19.5. The number of anilines is 2. The fourth-order valence-electron chi connectivity index (χ4n) is 2.75. The predicted octanol–water partition coefficient (Wildman–Crippen LogP) is 4.90. The van der Waals surface area contributed by atoms with Gasteiger partial charge in [0, 0.05) is 28.5 Å². The standard InChI is InChI=1S/C20H15Cl2N5O/c21-14-8-13(9-15(22)10-14)11-23-18-6-7-27-19(26-18)17(12-24-27)20(28)25-16-4-2-1-3-5-16/h1-10,12H,11H2,(H,23,26)(H,25,28). The summed E-state index contributed by atoms with van der Waals surface area (Å²) >= 11 is 12.1. The number of benzene rings is 2. The molecule has 0 saturated carbocycles. The highest BCUT2D eigenvalue weighted by Crippen LogP contribution is 2.20. The molecule has 2 heterocycles. The Hall–Kier alpha value is -3.09. The number of carbonyl (C=O) groups excluding carboxylic acids is 1. The van der Waals surface area contributed by atoms with E-state index in [0.717, 1.165) is 5.56 Å². The second kappa shape index (κ2) is 7.88. The summed E-state index contributed by atoms with van der Waals surface area (Å²) in [6, 6.07) is 16.4. The average molecular weight is 412 g/mol. The maximum atomic E-state index is 12.6. The molecule has 0 unspecified atom stereocenters. The summed E-state index contributed by atoms with van der Waals surface area (Å²) in [6.07, 6.45) is 3.25. The van der Waals surface area contributed by atoms with Gasteiger partial charge < -0.3 is 10.6 Å². The molecule has 0 radical (unpaired) electrons. The van der Waals surface area contributed by atoms with E-state index in [9.17, 15) is 4.79 Å². The van der Waals surface area contributed by atoms with Crippen LogP contribution in [0.4, 0.5) is 11.5 Å². The van der Waals surface area contributed by atoms with Gasteiger partial charge in [-0.15, -0.1) is 0 Å². The molecule has 0 aliphatic heterocycles. The molecule has 2 aromatic heterocycles. The normalized spacial score (nSPS) is 10.8. The quantitative estimate of drug-likeness (QED) is 0.489. The second-order valence-corrected chi connectivity index (χ2v) is 6.96. The Morgan fingerprint density at radius 2 is 1.79 bits per heavy atom. The topological polar surface area (TPSA) is 71.3 Å². The fraction of sp³-hybridized carbons (Fsp3) is 0.0500. The van der Waals surface area contributed by atoms with Gasteiger partial charge in [0.05, 0.1) is 6.20 Å². The van der Waals surface area contributed by atoms with Crippen LogP contribution in [-0.4, -0.2) is 20.5 Å². The molecule has 0 aliphatic carbocycles.